The van der Waals surface area contributed by atoms with Crippen LogP contribution in [0.2, 0.25) is 0 Å². The van der Waals surface area contributed by atoms with Crippen LogP contribution in [0.4, 0.5) is 13.2 Å². The van der Waals surface area contributed by atoms with Gasteiger partial charge in [-0.2, -0.15) is 0 Å². The molecule has 0 unspecified atom stereocenters. The van der Waals surface area contributed by atoms with E-state index in [0.717, 1.165) is 7.11 Å². The molecule has 0 amide bonds. The maximum absolute atomic E-state index is 13.0. The molecule has 0 fully saturated rings. The Kier molecular flexibility index (Phi) is 9.84. The molecule has 8 heteroatoms. The Morgan fingerprint density at radius 1 is 1.30 bits per heavy atom. The first-order chi connectivity index (χ1) is 10.9. The number of aliphatic hydroxyl groups excluding tert-OH is 1. The van der Waals surface area contributed by atoms with Crippen LogP contribution >= 0.6 is 15.9 Å². The smallest absolute Gasteiger partial charge is 0.200 e. The monoisotopic (exact) mass is 394 g/mol. The van der Waals surface area contributed by atoms with Gasteiger partial charge in [0, 0.05) is 18.7 Å². The number of halogens is 4. The van der Waals surface area contributed by atoms with Crippen molar-refractivity contribution in [2.24, 2.45) is 0 Å². The van der Waals surface area contributed by atoms with Gasteiger partial charge in [-0.3, -0.25) is 10.2 Å². The summed E-state index contributed by atoms with van der Waals surface area (Å²) < 4.78 is 44.5. The van der Waals surface area contributed by atoms with Crippen LogP contribution < -0.4 is 5.41 Å². The molecule has 126 valence electrons. The fourth-order valence-electron chi connectivity index (χ4n) is 1.30. The molecule has 0 aliphatic carbocycles. The number of hydrogen-bond donors (Lipinski definition) is 2. The van der Waals surface area contributed by atoms with Gasteiger partial charge in [-0.05, 0) is 41.1 Å². The zero-order chi connectivity index (χ0) is 18.0. The van der Waals surface area contributed by atoms with Gasteiger partial charge in [0.15, 0.2) is 36.1 Å². The zero-order valence-electron chi connectivity index (χ0n) is 12.4. The number of Topliss-reactive ketones (excluding diaryl/α,β-unsaturated/α-hetero) is 1. The summed E-state index contributed by atoms with van der Waals surface area (Å²) in [5.74, 6) is -4.76. The lowest BCUT2D eigenvalue weighted by Crippen LogP contribution is -2.28. The maximum Gasteiger partial charge on any atom is 0.200 e. The largest absolute Gasteiger partial charge is 0.489 e. The molecule has 0 heterocycles. The van der Waals surface area contributed by atoms with E-state index in [4.69, 9.17) is 15.3 Å². The van der Waals surface area contributed by atoms with Gasteiger partial charge in [-0.15, -0.1) is 0 Å². The van der Waals surface area contributed by atoms with Gasteiger partial charge in [0.25, 0.3) is 0 Å². The molecule has 23 heavy (non-hydrogen) atoms. The second-order valence-corrected chi connectivity index (χ2v) is 4.78. The second kappa shape index (κ2) is 10.7. The van der Waals surface area contributed by atoms with E-state index >= 15 is 0 Å². The van der Waals surface area contributed by atoms with Crippen molar-refractivity contribution in [3.8, 4) is 0 Å². The van der Waals surface area contributed by atoms with Crippen molar-refractivity contribution in [2.75, 3.05) is 13.7 Å². The molecule has 0 radical (unpaired) electrons. The van der Waals surface area contributed by atoms with Gasteiger partial charge >= 0.3 is 0 Å². The van der Waals surface area contributed by atoms with Crippen molar-refractivity contribution < 1.29 is 33.2 Å². The van der Waals surface area contributed by atoms with Crippen LogP contribution in [0.25, 0.3) is 0 Å². The molecular weight excluding hydrogens is 379 g/mol. The van der Waals surface area contributed by atoms with Crippen molar-refractivity contribution in [3.05, 3.63) is 57.5 Å². The summed E-state index contributed by atoms with van der Waals surface area (Å²) in [7, 11) is 1.00. The van der Waals surface area contributed by atoms with E-state index in [2.05, 4.69) is 15.9 Å². The minimum atomic E-state index is -1.62. The van der Waals surface area contributed by atoms with E-state index in [1.165, 1.54) is 6.21 Å². The summed E-state index contributed by atoms with van der Waals surface area (Å²) in [6.07, 6.45) is 4.45. The molecule has 0 atom stereocenters. The SMILES string of the molecule is C/C(OCC(=O)c1cc(F)c(F)c(F)c1)=C(Br)/C=C\C=[NH2+].CO. The molecule has 0 saturated carbocycles. The van der Waals surface area contributed by atoms with Crippen molar-refractivity contribution >= 4 is 27.9 Å². The third kappa shape index (κ3) is 6.79. The Bertz CT molecular complexity index is 607. The Hall–Kier alpha value is -1.93. The number of ether oxygens (including phenoxy) is 1. The van der Waals surface area contributed by atoms with Gasteiger partial charge in [0.1, 0.15) is 5.76 Å². The number of benzene rings is 1. The molecule has 0 aliphatic heterocycles. The summed E-state index contributed by atoms with van der Waals surface area (Å²) in [6.45, 7) is 1.15. The molecule has 1 rings (SSSR count). The van der Waals surface area contributed by atoms with Crippen molar-refractivity contribution in [1.82, 2.24) is 0 Å². The number of carbonyl (C=O) groups excluding carboxylic acids is 1. The molecule has 4 nitrogen and oxygen atoms in total. The predicted molar refractivity (Wildman–Crippen MR) is 83.5 cm³/mol. The molecule has 0 aliphatic rings. The zero-order valence-corrected chi connectivity index (χ0v) is 14.0. The minimum absolute atomic E-state index is 0.304. The van der Waals surface area contributed by atoms with E-state index in [1.807, 2.05) is 0 Å². The molecule has 0 bridgehead atoms. The first kappa shape index (κ1) is 21.1. The summed E-state index contributed by atoms with van der Waals surface area (Å²) in [4.78, 5) is 11.7. The van der Waals surface area contributed by atoms with E-state index in [0.29, 0.717) is 22.4 Å². The van der Waals surface area contributed by atoms with E-state index in [-0.39, 0.29) is 5.56 Å². The second-order valence-electron chi connectivity index (χ2n) is 3.92. The highest BCUT2D eigenvalue weighted by molar-refractivity contribution is 9.11. The lowest BCUT2D eigenvalue weighted by atomic mass is 10.1. The summed E-state index contributed by atoms with van der Waals surface area (Å²) in [5, 5.41) is 12.2. The average molecular weight is 395 g/mol. The minimum Gasteiger partial charge on any atom is -0.489 e. The lowest BCUT2D eigenvalue weighted by molar-refractivity contribution is -0.104. The molecule has 3 N–H and O–H groups in total. The van der Waals surface area contributed by atoms with Crippen LogP contribution in [0.1, 0.15) is 17.3 Å². The molecule has 0 saturated heterocycles. The number of hydrogen-bond acceptors (Lipinski definition) is 3. The topological polar surface area (TPSA) is 72.1 Å². The van der Waals surface area contributed by atoms with Crippen molar-refractivity contribution in [2.45, 2.75) is 6.92 Å². The Morgan fingerprint density at radius 2 is 1.83 bits per heavy atom. The van der Waals surface area contributed by atoms with E-state index in [1.54, 1.807) is 19.1 Å². The maximum atomic E-state index is 13.0. The predicted octanol–water partition coefficient (Wildman–Crippen LogP) is 1.92. The summed E-state index contributed by atoms with van der Waals surface area (Å²) in [5.41, 5.74) is -0.304. The van der Waals surface area contributed by atoms with Crippen LogP contribution in [-0.4, -0.2) is 30.8 Å². The van der Waals surface area contributed by atoms with Crippen LogP contribution in [0.15, 0.2) is 34.5 Å². The number of carbonyl (C=O) groups is 1. The first-order valence-electron chi connectivity index (χ1n) is 6.20. The van der Waals surface area contributed by atoms with Gasteiger partial charge in [-0.25, -0.2) is 13.2 Å². The van der Waals surface area contributed by atoms with E-state index < -0.39 is 29.8 Å². The van der Waals surface area contributed by atoms with Gasteiger partial charge in [0.05, 0.1) is 4.48 Å². The standard InChI is InChI=1S/C14H11BrF3NO2.CH4O/c1-8(10(15)3-2-4-19)21-7-13(20)9-5-11(16)14(18)12(17)6-9;1-2/h2-6,19H,7H2,1H3;2H,1H3/p+1/b3-2-,10-8+,19-4?;. The van der Waals surface area contributed by atoms with Gasteiger partial charge in [-0.1, -0.05) is 0 Å². The fourth-order valence-corrected chi connectivity index (χ4v) is 1.57. The third-order valence-corrected chi connectivity index (χ3v) is 3.24. The number of nitrogens with two attached hydrogens (primary N) is 1. The molecule has 0 aromatic heterocycles. The van der Waals surface area contributed by atoms with Crippen LogP contribution in [0, 0.1) is 17.5 Å². The number of ketones is 1. The number of aliphatic hydroxyl groups is 1. The normalized spacial score (nSPS) is 11.4. The average Bonchev–Trinajstić information content (AvgIpc) is 2.56. The Balaban J connectivity index is 0.00000232. The van der Waals surface area contributed by atoms with E-state index in [9.17, 15) is 18.0 Å². The third-order valence-electron chi connectivity index (χ3n) is 2.42. The highest BCUT2D eigenvalue weighted by atomic mass is 79.9. The first-order valence-corrected chi connectivity index (χ1v) is 6.99. The van der Waals surface area contributed by atoms with Crippen LogP contribution in [0.3, 0.4) is 0 Å². The van der Waals surface area contributed by atoms with Gasteiger partial charge in [0.2, 0.25) is 0 Å². The highest BCUT2D eigenvalue weighted by Gasteiger charge is 2.15. The number of rotatable bonds is 6. The molecule has 1 aromatic rings. The quantitative estimate of drug-likeness (QED) is 0.254. The van der Waals surface area contributed by atoms with Crippen LogP contribution in [0.5, 0.6) is 0 Å². The number of allylic oxidation sites excluding steroid dienone is 4. The summed E-state index contributed by atoms with van der Waals surface area (Å²) in [6, 6.07) is 1.25. The molecule has 1 aromatic carbocycles. The summed E-state index contributed by atoms with van der Waals surface area (Å²) >= 11 is 3.19. The molecule has 0 spiro atoms. The van der Waals surface area contributed by atoms with Crippen molar-refractivity contribution in [3.63, 3.8) is 0 Å². The van der Waals surface area contributed by atoms with Gasteiger partial charge < -0.3 is 9.84 Å². The lowest BCUT2D eigenvalue weighted by Gasteiger charge is -2.07. The fraction of sp³-hybridized carbons (Fsp3) is 0.200. The Morgan fingerprint density at radius 3 is 2.30 bits per heavy atom. The van der Waals surface area contributed by atoms with Crippen molar-refractivity contribution in [1.29, 1.82) is 0 Å². The van der Waals surface area contributed by atoms with Crippen LogP contribution in [-0.2, 0) is 4.74 Å². The molecular formula is C15H16BrF3NO3+. The Labute approximate surface area is 139 Å². The highest BCUT2D eigenvalue weighted by Crippen LogP contribution is 2.17.